The van der Waals surface area contributed by atoms with Crippen molar-refractivity contribution in [3.63, 3.8) is 0 Å². The lowest BCUT2D eigenvalue weighted by atomic mass is 10.0. The molecule has 2 amide bonds. The van der Waals surface area contributed by atoms with Crippen LogP contribution in [0.5, 0.6) is 5.75 Å². The molecule has 0 aliphatic heterocycles. The number of nitrogens with two attached hydrogens (primary N) is 1. The van der Waals surface area contributed by atoms with Crippen LogP contribution in [0.15, 0.2) is 77.7 Å². The summed E-state index contributed by atoms with van der Waals surface area (Å²) >= 11 is 1.39. The summed E-state index contributed by atoms with van der Waals surface area (Å²) in [6.07, 6.45) is 0.955. The highest BCUT2D eigenvalue weighted by atomic mass is 32.2. The van der Waals surface area contributed by atoms with Crippen LogP contribution in [0.3, 0.4) is 0 Å². The molecule has 0 saturated carbocycles. The molecule has 0 bridgehead atoms. The second-order valence-electron chi connectivity index (χ2n) is 8.69. The van der Waals surface area contributed by atoms with Crippen molar-refractivity contribution < 1.29 is 17.9 Å². The van der Waals surface area contributed by atoms with E-state index < -0.39 is 16.1 Å². The van der Waals surface area contributed by atoms with Gasteiger partial charge in [0.1, 0.15) is 16.6 Å². The Balaban J connectivity index is 1.57. The zero-order chi connectivity index (χ0) is 27.8. The molecule has 3 aromatic carbocycles. The number of nitrogens with zero attached hydrogens (tertiary/aromatic N) is 1. The third-order valence-corrected chi connectivity index (χ3v) is 8.43. The molecule has 0 spiro atoms. The number of rotatable bonds is 12. The number of nitrogen functional groups attached to an aromatic ring is 1. The Kier molecular flexibility index (Phi) is 9.12. The second kappa shape index (κ2) is 12.7. The smallest absolute Gasteiger partial charge is 0.314 e. The first-order chi connectivity index (χ1) is 18.7. The normalized spacial score (nSPS) is 12.1. The summed E-state index contributed by atoms with van der Waals surface area (Å²) in [6.45, 7) is 0.911. The summed E-state index contributed by atoms with van der Waals surface area (Å²) in [5, 5.41) is 13.6. The van der Waals surface area contributed by atoms with Crippen LogP contribution in [0.4, 0.5) is 4.79 Å². The molecule has 1 aromatic heterocycles. The SMILES string of the molecule is CNC(=O)NCCCOc1ccc2nc(C(Cc3cccc(C(=N)N)c3)NS(=O)(=O)c3ccccc3)sc2c1. The predicted octanol–water partition coefficient (Wildman–Crippen LogP) is 3.54. The number of amides is 2. The number of hydrogen-bond acceptors (Lipinski definition) is 7. The topological polar surface area (TPSA) is 159 Å². The molecule has 4 rings (SSSR count). The summed E-state index contributed by atoms with van der Waals surface area (Å²) in [7, 11) is -2.27. The maximum Gasteiger partial charge on any atom is 0.314 e. The number of carbonyl (C=O) groups excluding carboxylic acids is 1. The van der Waals surface area contributed by atoms with Gasteiger partial charge in [-0.3, -0.25) is 5.41 Å². The Morgan fingerprint density at radius 1 is 1.10 bits per heavy atom. The number of carbonyl (C=O) groups is 1. The summed E-state index contributed by atoms with van der Waals surface area (Å²) in [5.41, 5.74) is 7.77. The number of urea groups is 1. The van der Waals surface area contributed by atoms with Crippen molar-refractivity contribution in [1.82, 2.24) is 20.3 Å². The summed E-state index contributed by atoms with van der Waals surface area (Å²) in [5.74, 6) is 0.600. The molecule has 0 aliphatic rings. The lowest BCUT2D eigenvalue weighted by Crippen LogP contribution is -2.33. The molecular weight excluding hydrogens is 536 g/mol. The van der Waals surface area contributed by atoms with Gasteiger partial charge in [0.15, 0.2) is 0 Å². The van der Waals surface area contributed by atoms with Crippen molar-refractivity contribution in [3.8, 4) is 5.75 Å². The Hall–Kier alpha value is -4.00. The highest BCUT2D eigenvalue weighted by molar-refractivity contribution is 7.89. The third kappa shape index (κ3) is 7.53. The first kappa shape index (κ1) is 28.0. The minimum Gasteiger partial charge on any atom is -0.493 e. The van der Waals surface area contributed by atoms with Crippen molar-refractivity contribution >= 4 is 43.4 Å². The largest absolute Gasteiger partial charge is 0.493 e. The number of aromatic nitrogens is 1. The van der Waals surface area contributed by atoms with E-state index in [1.54, 1.807) is 55.6 Å². The van der Waals surface area contributed by atoms with Crippen molar-refractivity contribution in [1.29, 1.82) is 5.41 Å². The van der Waals surface area contributed by atoms with Gasteiger partial charge in [-0.2, -0.15) is 0 Å². The molecule has 1 atom stereocenters. The number of benzene rings is 3. The Morgan fingerprint density at radius 2 is 1.90 bits per heavy atom. The molecule has 0 aliphatic carbocycles. The van der Waals surface area contributed by atoms with Crippen LogP contribution >= 0.6 is 11.3 Å². The first-order valence-electron chi connectivity index (χ1n) is 12.2. The van der Waals surface area contributed by atoms with Gasteiger partial charge in [-0.25, -0.2) is 22.9 Å². The number of nitrogens with one attached hydrogen (secondary N) is 4. The van der Waals surface area contributed by atoms with Gasteiger partial charge in [0.2, 0.25) is 10.0 Å². The fourth-order valence-corrected chi connectivity index (χ4v) is 6.19. The standard InChI is InChI=1S/C27H30N6O4S2/c1-30-27(34)31-13-6-14-37-20-11-12-22-24(17-20)38-26(32-22)23(16-18-7-5-8-19(15-18)25(28)29)33-39(35,36)21-9-3-2-4-10-21/h2-5,7-12,15,17,23,33H,6,13-14,16H2,1H3,(H3,28,29)(H2,30,31,34). The summed E-state index contributed by atoms with van der Waals surface area (Å²) in [4.78, 5) is 16.2. The molecule has 0 fully saturated rings. The minimum absolute atomic E-state index is 0.0600. The van der Waals surface area contributed by atoms with Gasteiger partial charge >= 0.3 is 6.03 Å². The molecule has 39 heavy (non-hydrogen) atoms. The minimum atomic E-state index is -3.83. The van der Waals surface area contributed by atoms with E-state index in [1.165, 1.54) is 11.3 Å². The van der Waals surface area contributed by atoms with Gasteiger partial charge in [0, 0.05) is 19.2 Å². The van der Waals surface area contributed by atoms with E-state index >= 15 is 0 Å². The maximum atomic E-state index is 13.2. The molecule has 4 aromatic rings. The first-order valence-corrected chi connectivity index (χ1v) is 14.5. The fraction of sp³-hybridized carbons (Fsp3) is 0.222. The Bertz CT molecular complexity index is 1560. The Morgan fingerprint density at radius 3 is 2.64 bits per heavy atom. The number of amidine groups is 1. The number of thiazole rings is 1. The van der Waals surface area contributed by atoms with Crippen molar-refractivity contribution in [3.05, 3.63) is 88.9 Å². The van der Waals surface area contributed by atoms with Gasteiger partial charge in [0.25, 0.3) is 0 Å². The van der Waals surface area contributed by atoms with E-state index in [0.717, 1.165) is 15.8 Å². The molecule has 6 N–H and O–H groups in total. The summed E-state index contributed by atoms with van der Waals surface area (Å²) < 4.78 is 36.0. The van der Waals surface area contributed by atoms with E-state index in [0.29, 0.717) is 42.3 Å². The van der Waals surface area contributed by atoms with Crippen molar-refractivity contribution in [2.45, 2.75) is 23.8 Å². The Labute approximate surface area is 231 Å². The average molecular weight is 567 g/mol. The summed E-state index contributed by atoms with van der Waals surface area (Å²) in [6, 6.07) is 20.0. The van der Waals surface area contributed by atoms with E-state index in [-0.39, 0.29) is 16.8 Å². The molecule has 0 radical (unpaired) electrons. The average Bonchev–Trinajstić information content (AvgIpc) is 3.36. The van der Waals surface area contributed by atoms with Gasteiger partial charge in [-0.1, -0.05) is 36.4 Å². The van der Waals surface area contributed by atoms with E-state index in [4.69, 9.17) is 20.9 Å². The number of fused-ring (bicyclic) bond motifs is 1. The number of hydrogen-bond donors (Lipinski definition) is 5. The van der Waals surface area contributed by atoms with Gasteiger partial charge in [-0.05, 0) is 54.8 Å². The van der Waals surface area contributed by atoms with Crippen LogP contribution in [0, 0.1) is 5.41 Å². The van der Waals surface area contributed by atoms with Crippen LogP contribution in [0.1, 0.15) is 28.6 Å². The second-order valence-corrected chi connectivity index (χ2v) is 11.5. The van der Waals surface area contributed by atoms with E-state index in [1.807, 2.05) is 24.3 Å². The maximum absolute atomic E-state index is 13.2. The van der Waals surface area contributed by atoms with Crippen LogP contribution in [0.2, 0.25) is 0 Å². The van der Waals surface area contributed by atoms with Gasteiger partial charge in [0.05, 0.1) is 27.8 Å². The van der Waals surface area contributed by atoms with E-state index in [9.17, 15) is 13.2 Å². The molecule has 0 saturated heterocycles. The lowest BCUT2D eigenvalue weighted by molar-refractivity contribution is 0.241. The highest BCUT2D eigenvalue weighted by Gasteiger charge is 2.25. The molecule has 1 unspecified atom stereocenters. The molecule has 12 heteroatoms. The molecule has 204 valence electrons. The zero-order valence-corrected chi connectivity index (χ0v) is 22.9. The molecular formula is C27H30N6O4S2. The molecule has 10 nitrogen and oxygen atoms in total. The van der Waals surface area contributed by atoms with Gasteiger partial charge in [-0.15, -0.1) is 11.3 Å². The number of ether oxygens (including phenoxy) is 1. The predicted molar refractivity (Wildman–Crippen MR) is 153 cm³/mol. The van der Waals surface area contributed by atoms with Crippen molar-refractivity contribution in [2.75, 3.05) is 20.2 Å². The van der Waals surface area contributed by atoms with Crippen LogP contribution in [-0.4, -0.2) is 45.5 Å². The van der Waals surface area contributed by atoms with Crippen molar-refractivity contribution in [2.24, 2.45) is 5.73 Å². The fourth-order valence-electron chi connectivity index (χ4n) is 3.85. The van der Waals surface area contributed by atoms with Gasteiger partial charge < -0.3 is 21.1 Å². The lowest BCUT2D eigenvalue weighted by Gasteiger charge is -2.17. The van der Waals surface area contributed by atoms with Crippen LogP contribution in [0.25, 0.3) is 10.2 Å². The number of sulfonamides is 1. The third-order valence-electron chi connectivity index (χ3n) is 5.81. The van der Waals surface area contributed by atoms with Crippen LogP contribution in [-0.2, 0) is 16.4 Å². The van der Waals surface area contributed by atoms with E-state index in [2.05, 4.69) is 15.4 Å². The monoisotopic (exact) mass is 566 g/mol. The molecule has 1 heterocycles. The zero-order valence-electron chi connectivity index (χ0n) is 21.3. The quantitative estimate of drug-likeness (QED) is 0.100. The highest BCUT2D eigenvalue weighted by Crippen LogP contribution is 2.32. The van der Waals surface area contributed by atoms with Crippen LogP contribution < -0.4 is 25.8 Å².